The van der Waals surface area contributed by atoms with E-state index in [-0.39, 0.29) is 5.56 Å². The zero-order chi connectivity index (χ0) is 18.0. The number of rotatable bonds is 3. The first-order chi connectivity index (χ1) is 12.1. The first kappa shape index (κ1) is 16.8. The van der Waals surface area contributed by atoms with E-state index < -0.39 is 11.2 Å². The molecule has 6 heteroatoms. The van der Waals surface area contributed by atoms with Gasteiger partial charge in [-0.2, -0.15) is 5.26 Å². The van der Waals surface area contributed by atoms with E-state index >= 15 is 0 Å². The van der Waals surface area contributed by atoms with Crippen molar-refractivity contribution in [3.8, 4) is 17.4 Å². The number of hydrogen-bond acceptors (Lipinski definition) is 4. The maximum absolute atomic E-state index is 13.1. The highest BCUT2D eigenvalue weighted by molar-refractivity contribution is 7.98. The summed E-state index contributed by atoms with van der Waals surface area (Å²) in [5, 5.41) is 9.86. The van der Waals surface area contributed by atoms with E-state index in [1.54, 1.807) is 48.7 Å². The van der Waals surface area contributed by atoms with E-state index in [2.05, 4.69) is 0 Å². The molecule has 0 radical (unpaired) electrons. The first-order valence-electron chi connectivity index (χ1n) is 7.57. The maximum atomic E-state index is 13.1. The van der Waals surface area contributed by atoms with E-state index in [1.807, 2.05) is 25.1 Å². The molecule has 3 rings (SSSR count). The summed E-state index contributed by atoms with van der Waals surface area (Å²) < 4.78 is 2.45. The Morgan fingerprint density at radius 3 is 2.08 bits per heavy atom. The molecular formula is C19H15N3O2S. The normalized spacial score (nSPS) is 10.4. The average molecular weight is 349 g/mol. The molecule has 0 bridgehead atoms. The van der Waals surface area contributed by atoms with Gasteiger partial charge in [-0.25, -0.2) is 9.36 Å². The van der Waals surface area contributed by atoms with Crippen LogP contribution in [-0.2, 0) is 0 Å². The third-order valence-electron chi connectivity index (χ3n) is 3.83. The number of nitrogens with zero attached hydrogens (tertiary/aromatic N) is 3. The molecule has 0 spiro atoms. The summed E-state index contributed by atoms with van der Waals surface area (Å²) >= 11 is 1.21. The van der Waals surface area contributed by atoms with Crippen LogP contribution in [0.25, 0.3) is 11.4 Å². The van der Waals surface area contributed by atoms with E-state index in [0.717, 1.165) is 10.1 Å². The molecule has 2 aromatic carbocycles. The van der Waals surface area contributed by atoms with Gasteiger partial charge in [-0.15, -0.1) is 11.8 Å². The third kappa shape index (κ3) is 2.90. The van der Waals surface area contributed by atoms with Crippen LogP contribution in [0.15, 0.2) is 69.2 Å². The zero-order valence-electron chi connectivity index (χ0n) is 13.8. The van der Waals surface area contributed by atoms with Crippen molar-refractivity contribution in [1.82, 2.24) is 9.13 Å². The van der Waals surface area contributed by atoms with Crippen LogP contribution < -0.4 is 11.2 Å². The van der Waals surface area contributed by atoms with Gasteiger partial charge in [0.05, 0.1) is 11.4 Å². The predicted octanol–water partition coefficient (Wildman–Crippen LogP) is 2.89. The molecular weight excluding hydrogens is 334 g/mol. The Morgan fingerprint density at radius 2 is 1.52 bits per heavy atom. The van der Waals surface area contributed by atoms with Gasteiger partial charge in [0, 0.05) is 0 Å². The molecule has 25 heavy (non-hydrogen) atoms. The van der Waals surface area contributed by atoms with Crippen molar-refractivity contribution in [2.75, 3.05) is 6.26 Å². The summed E-state index contributed by atoms with van der Waals surface area (Å²) in [6.07, 6.45) is 1.74. The largest absolute Gasteiger partial charge is 0.341 e. The lowest BCUT2D eigenvalue weighted by molar-refractivity contribution is 0.735. The summed E-state index contributed by atoms with van der Waals surface area (Å²) in [6, 6.07) is 18.0. The van der Waals surface area contributed by atoms with Crippen molar-refractivity contribution in [3.63, 3.8) is 0 Å². The quantitative estimate of drug-likeness (QED) is 0.539. The van der Waals surface area contributed by atoms with Crippen molar-refractivity contribution in [1.29, 1.82) is 5.26 Å². The number of para-hydroxylation sites is 1. The first-order valence-corrected chi connectivity index (χ1v) is 8.79. The molecule has 0 saturated heterocycles. The Labute approximate surface area is 148 Å². The second-order valence-electron chi connectivity index (χ2n) is 5.43. The van der Waals surface area contributed by atoms with Crippen LogP contribution in [0.5, 0.6) is 0 Å². The van der Waals surface area contributed by atoms with Crippen LogP contribution in [0.1, 0.15) is 11.1 Å². The second-order valence-corrected chi connectivity index (χ2v) is 6.22. The highest BCUT2D eigenvalue weighted by atomic mass is 32.2. The molecule has 5 nitrogen and oxygen atoms in total. The highest BCUT2D eigenvalue weighted by Crippen LogP contribution is 2.20. The number of thioether (sulfide) groups is 1. The van der Waals surface area contributed by atoms with Crippen LogP contribution in [0.3, 0.4) is 0 Å². The standard InChI is InChI=1S/C19H15N3O2S/c1-13-8-10-15(11-9-13)22-18(25-2)16(12-20)17(23)21(19(22)24)14-6-4-3-5-7-14/h3-11H,1-2H3. The Kier molecular flexibility index (Phi) is 4.59. The molecule has 3 aromatic rings. The van der Waals surface area contributed by atoms with Crippen LogP contribution in [0, 0.1) is 18.3 Å². The minimum atomic E-state index is -0.605. The fourth-order valence-electron chi connectivity index (χ4n) is 2.60. The topological polar surface area (TPSA) is 67.8 Å². The lowest BCUT2D eigenvalue weighted by atomic mass is 10.2. The Hall–Kier alpha value is -3.04. The van der Waals surface area contributed by atoms with Crippen molar-refractivity contribution >= 4 is 11.8 Å². The molecule has 0 atom stereocenters. The lowest BCUT2D eigenvalue weighted by Gasteiger charge is -2.16. The predicted molar refractivity (Wildman–Crippen MR) is 98.9 cm³/mol. The molecule has 0 amide bonds. The number of nitriles is 1. The van der Waals surface area contributed by atoms with E-state index in [9.17, 15) is 14.9 Å². The summed E-state index contributed by atoms with van der Waals surface area (Å²) in [7, 11) is 0. The number of aryl methyl sites for hydroxylation is 1. The number of benzene rings is 2. The van der Waals surface area contributed by atoms with Gasteiger partial charge >= 0.3 is 5.69 Å². The van der Waals surface area contributed by atoms with Gasteiger partial charge in [0.2, 0.25) is 0 Å². The van der Waals surface area contributed by atoms with Crippen LogP contribution >= 0.6 is 11.8 Å². The van der Waals surface area contributed by atoms with Crippen molar-refractivity contribution in [2.45, 2.75) is 11.9 Å². The monoisotopic (exact) mass is 349 g/mol. The molecule has 0 unspecified atom stereocenters. The Morgan fingerprint density at radius 1 is 0.920 bits per heavy atom. The zero-order valence-corrected chi connectivity index (χ0v) is 14.6. The fraction of sp³-hybridized carbons (Fsp3) is 0.105. The minimum Gasteiger partial charge on any atom is -0.267 e. The smallest absolute Gasteiger partial charge is 0.267 e. The van der Waals surface area contributed by atoms with Crippen molar-refractivity contribution < 1.29 is 0 Å². The summed E-state index contributed by atoms with van der Waals surface area (Å²) in [6.45, 7) is 1.95. The highest BCUT2D eigenvalue weighted by Gasteiger charge is 2.20. The van der Waals surface area contributed by atoms with Gasteiger partial charge in [0.25, 0.3) is 5.56 Å². The summed E-state index contributed by atoms with van der Waals surface area (Å²) in [5.41, 5.74) is 0.953. The average Bonchev–Trinajstić information content (AvgIpc) is 2.63. The number of aromatic nitrogens is 2. The minimum absolute atomic E-state index is 0.0449. The SMILES string of the molecule is CSc1c(C#N)c(=O)n(-c2ccccc2)c(=O)n1-c1ccc(C)cc1. The van der Waals surface area contributed by atoms with Gasteiger partial charge in [-0.05, 0) is 37.4 Å². The third-order valence-corrected chi connectivity index (χ3v) is 4.60. The fourth-order valence-corrected chi connectivity index (χ4v) is 3.31. The number of hydrogen-bond donors (Lipinski definition) is 0. The van der Waals surface area contributed by atoms with Gasteiger partial charge in [-0.3, -0.25) is 9.36 Å². The molecule has 0 aliphatic rings. The Bertz CT molecular complexity index is 1080. The van der Waals surface area contributed by atoms with Gasteiger partial charge in [0.15, 0.2) is 0 Å². The van der Waals surface area contributed by atoms with Gasteiger partial charge in [-0.1, -0.05) is 35.9 Å². The molecule has 0 aliphatic carbocycles. The van der Waals surface area contributed by atoms with Crippen LogP contribution in [0.4, 0.5) is 0 Å². The summed E-state index contributed by atoms with van der Waals surface area (Å²) in [4.78, 5) is 25.9. The molecule has 0 fully saturated rings. The van der Waals surface area contributed by atoms with Gasteiger partial charge < -0.3 is 0 Å². The van der Waals surface area contributed by atoms with Crippen molar-refractivity contribution in [3.05, 3.63) is 86.6 Å². The molecule has 0 aliphatic heterocycles. The second kappa shape index (κ2) is 6.83. The van der Waals surface area contributed by atoms with E-state index in [1.165, 1.54) is 16.3 Å². The van der Waals surface area contributed by atoms with Crippen molar-refractivity contribution in [2.24, 2.45) is 0 Å². The van der Waals surface area contributed by atoms with Crippen LogP contribution in [0.2, 0.25) is 0 Å². The summed E-state index contributed by atoms with van der Waals surface area (Å²) in [5.74, 6) is 0. The lowest BCUT2D eigenvalue weighted by Crippen LogP contribution is -2.40. The van der Waals surface area contributed by atoms with E-state index in [4.69, 9.17) is 0 Å². The molecule has 1 heterocycles. The molecule has 0 N–H and O–H groups in total. The molecule has 0 saturated carbocycles. The van der Waals surface area contributed by atoms with Gasteiger partial charge in [0.1, 0.15) is 16.7 Å². The van der Waals surface area contributed by atoms with E-state index in [0.29, 0.717) is 16.4 Å². The van der Waals surface area contributed by atoms with Crippen LogP contribution in [-0.4, -0.2) is 15.4 Å². The Balaban J connectivity index is 2.46. The molecule has 124 valence electrons. The molecule has 1 aromatic heterocycles. The maximum Gasteiger partial charge on any atom is 0.341 e.